The molecular formula is C62H46N2. The van der Waals surface area contributed by atoms with Gasteiger partial charge in [0.25, 0.3) is 0 Å². The van der Waals surface area contributed by atoms with Gasteiger partial charge in [-0.15, -0.1) is 0 Å². The van der Waals surface area contributed by atoms with E-state index in [9.17, 15) is 0 Å². The molecule has 0 radical (unpaired) electrons. The molecule has 2 nitrogen and oxygen atoms in total. The molecule has 0 saturated carbocycles. The monoisotopic (exact) mass is 818 g/mol. The molecule has 3 aliphatic rings. The molecule has 0 fully saturated rings. The summed E-state index contributed by atoms with van der Waals surface area (Å²) in [7, 11) is 0. The average Bonchev–Trinajstić information content (AvgIpc) is 3.67. The molecule has 12 rings (SSSR count). The summed E-state index contributed by atoms with van der Waals surface area (Å²) in [5.74, 6) is 0.918. The third kappa shape index (κ3) is 5.86. The number of fused-ring (bicyclic) bond motifs is 9. The number of allylic oxidation sites excluding steroid dienone is 4. The summed E-state index contributed by atoms with van der Waals surface area (Å²) in [4.78, 5) is 11.0. The van der Waals surface area contributed by atoms with Crippen molar-refractivity contribution < 1.29 is 0 Å². The maximum absolute atomic E-state index is 5.50. The smallest absolute Gasteiger partial charge is 0.160 e. The minimum absolute atomic E-state index is 0.165. The summed E-state index contributed by atoms with van der Waals surface area (Å²) < 4.78 is 0. The van der Waals surface area contributed by atoms with Crippen LogP contribution in [0.15, 0.2) is 224 Å². The van der Waals surface area contributed by atoms with Gasteiger partial charge in [-0.1, -0.05) is 226 Å². The molecule has 1 spiro atoms. The van der Waals surface area contributed by atoms with E-state index in [4.69, 9.17) is 9.97 Å². The second-order valence-electron chi connectivity index (χ2n) is 18.0. The van der Waals surface area contributed by atoms with Crippen LogP contribution in [0, 0.1) is 0 Å². The van der Waals surface area contributed by atoms with Gasteiger partial charge in [0.2, 0.25) is 0 Å². The first kappa shape index (κ1) is 38.0. The fraction of sp³-hybridized carbons (Fsp3) is 0.0968. The Morgan fingerprint density at radius 2 is 0.953 bits per heavy atom. The minimum Gasteiger partial charge on any atom is -0.232 e. The summed E-state index contributed by atoms with van der Waals surface area (Å²) in [5.41, 5.74) is 21.0. The second-order valence-corrected chi connectivity index (χ2v) is 18.0. The number of hydrogen-bond donors (Lipinski definition) is 0. The highest BCUT2D eigenvalue weighted by molar-refractivity contribution is 5.97. The van der Waals surface area contributed by atoms with Gasteiger partial charge in [-0.2, -0.15) is 0 Å². The van der Waals surface area contributed by atoms with Crippen molar-refractivity contribution in [2.75, 3.05) is 0 Å². The average molecular weight is 819 g/mol. The van der Waals surface area contributed by atoms with Crippen LogP contribution < -0.4 is 0 Å². The Labute approximate surface area is 376 Å². The van der Waals surface area contributed by atoms with Gasteiger partial charge < -0.3 is 0 Å². The molecule has 64 heavy (non-hydrogen) atoms. The quantitative estimate of drug-likeness (QED) is 0.167. The van der Waals surface area contributed by atoms with Crippen molar-refractivity contribution in [3.63, 3.8) is 0 Å². The molecule has 3 aliphatic carbocycles. The molecule has 1 unspecified atom stereocenters. The maximum Gasteiger partial charge on any atom is 0.160 e. The molecule has 1 atom stereocenters. The van der Waals surface area contributed by atoms with Gasteiger partial charge >= 0.3 is 0 Å². The molecule has 304 valence electrons. The third-order valence-electron chi connectivity index (χ3n) is 14.1. The van der Waals surface area contributed by atoms with Crippen LogP contribution >= 0.6 is 0 Å². The van der Waals surface area contributed by atoms with Crippen LogP contribution in [0.25, 0.3) is 67.2 Å². The SMILES string of the molecule is CC1(C)c2ccccc2C2(c3ccc(-c4ccc(-c5ccccc5-c5ccccc5)cc4)cc3-c3c(-c4nc(-c5ccccc5)cc(C5C=CC=CC5)n4)cccc32)c2ccccc21. The van der Waals surface area contributed by atoms with Crippen molar-refractivity contribution >= 4 is 0 Å². The predicted octanol–water partition coefficient (Wildman–Crippen LogP) is 15.4. The van der Waals surface area contributed by atoms with Crippen molar-refractivity contribution in [2.24, 2.45) is 0 Å². The highest BCUT2D eigenvalue weighted by Gasteiger charge is 2.53. The van der Waals surface area contributed by atoms with Crippen LogP contribution in [0.1, 0.15) is 65.3 Å². The predicted molar refractivity (Wildman–Crippen MR) is 264 cm³/mol. The van der Waals surface area contributed by atoms with Crippen molar-refractivity contribution in [1.82, 2.24) is 9.97 Å². The lowest BCUT2D eigenvalue weighted by atomic mass is 9.55. The first-order chi connectivity index (χ1) is 31.5. The van der Waals surface area contributed by atoms with Gasteiger partial charge in [0.05, 0.1) is 16.8 Å². The maximum atomic E-state index is 5.50. The van der Waals surface area contributed by atoms with Gasteiger partial charge in [0, 0.05) is 22.5 Å². The van der Waals surface area contributed by atoms with E-state index >= 15 is 0 Å². The summed E-state index contributed by atoms with van der Waals surface area (Å²) in [6, 6.07) is 73.7. The first-order valence-corrected chi connectivity index (χ1v) is 22.5. The van der Waals surface area contributed by atoms with E-state index in [2.05, 4.69) is 238 Å². The Kier molecular flexibility index (Phi) is 8.91. The lowest BCUT2D eigenvalue weighted by Gasteiger charge is -2.46. The highest BCUT2D eigenvalue weighted by atomic mass is 14.9. The van der Waals surface area contributed by atoms with E-state index in [1.807, 2.05) is 0 Å². The van der Waals surface area contributed by atoms with Gasteiger partial charge in [-0.05, 0) is 96.4 Å². The van der Waals surface area contributed by atoms with Gasteiger partial charge in [-0.25, -0.2) is 9.97 Å². The summed E-state index contributed by atoms with van der Waals surface area (Å²) in [5, 5.41) is 0. The van der Waals surface area contributed by atoms with Crippen LogP contribution in [-0.4, -0.2) is 9.97 Å². The Hall–Kier alpha value is -7.68. The van der Waals surface area contributed by atoms with E-state index < -0.39 is 5.41 Å². The second kappa shape index (κ2) is 15.0. The molecule has 1 heterocycles. The Morgan fingerprint density at radius 3 is 1.61 bits per heavy atom. The first-order valence-electron chi connectivity index (χ1n) is 22.5. The van der Waals surface area contributed by atoms with E-state index in [1.165, 1.54) is 77.9 Å². The van der Waals surface area contributed by atoms with E-state index in [1.54, 1.807) is 0 Å². The van der Waals surface area contributed by atoms with E-state index in [0.29, 0.717) is 0 Å². The van der Waals surface area contributed by atoms with Crippen molar-refractivity contribution in [3.05, 3.63) is 264 Å². The van der Waals surface area contributed by atoms with E-state index in [-0.39, 0.29) is 11.3 Å². The van der Waals surface area contributed by atoms with Gasteiger partial charge in [0.1, 0.15) is 0 Å². The summed E-state index contributed by atoms with van der Waals surface area (Å²) in [6.45, 7) is 4.77. The largest absolute Gasteiger partial charge is 0.232 e. The third-order valence-corrected chi connectivity index (χ3v) is 14.1. The van der Waals surface area contributed by atoms with Crippen molar-refractivity contribution in [2.45, 2.75) is 37.0 Å². The molecule has 0 amide bonds. The molecule has 0 N–H and O–H groups in total. The lowest BCUT2D eigenvalue weighted by molar-refractivity contribution is 0.563. The molecule has 0 aliphatic heterocycles. The molecule has 9 aromatic rings. The van der Waals surface area contributed by atoms with Crippen LogP contribution in [-0.2, 0) is 10.8 Å². The fourth-order valence-electron chi connectivity index (χ4n) is 11.1. The van der Waals surface area contributed by atoms with Crippen LogP contribution in [0.5, 0.6) is 0 Å². The standard InChI is InChI=1S/C62H46N2/c1-61(2)52-28-14-16-30-54(52)62(55-31-17-15-29-53(55)61)51-38-37-46(41-33-35-43(36-34-41)48-26-13-12-25-47(48)42-19-6-3-7-20-42)39-50(51)59-49(27-18-32-56(59)62)60-63-57(44-21-8-4-9-22-44)40-58(64-60)45-23-10-5-11-24-45/h3-23,25-40,45H,24H2,1-2H3. The zero-order chi connectivity index (χ0) is 42.8. The molecular weight excluding hydrogens is 773 g/mol. The Balaban J connectivity index is 1.09. The van der Waals surface area contributed by atoms with Gasteiger partial charge in [-0.3, -0.25) is 0 Å². The summed E-state index contributed by atoms with van der Waals surface area (Å²) >= 11 is 0. The van der Waals surface area contributed by atoms with Crippen LogP contribution in [0.4, 0.5) is 0 Å². The van der Waals surface area contributed by atoms with Crippen LogP contribution in [0.3, 0.4) is 0 Å². The highest BCUT2D eigenvalue weighted by Crippen LogP contribution is 2.63. The molecule has 2 heteroatoms. The minimum atomic E-state index is -0.552. The Morgan fingerprint density at radius 1 is 0.406 bits per heavy atom. The van der Waals surface area contributed by atoms with Crippen molar-refractivity contribution in [3.8, 4) is 67.2 Å². The number of hydrogen-bond acceptors (Lipinski definition) is 2. The topological polar surface area (TPSA) is 25.8 Å². The van der Waals surface area contributed by atoms with Gasteiger partial charge in [0.15, 0.2) is 5.82 Å². The molecule has 1 aromatic heterocycles. The van der Waals surface area contributed by atoms with Crippen LogP contribution in [0.2, 0.25) is 0 Å². The zero-order valence-corrected chi connectivity index (χ0v) is 36.0. The molecule has 0 saturated heterocycles. The number of benzene rings is 8. The number of rotatable bonds is 6. The number of nitrogens with zero attached hydrogens (tertiary/aromatic N) is 2. The molecule has 8 aromatic carbocycles. The summed E-state index contributed by atoms with van der Waals surface area (Å²) in [6.07, 6.45) is 9.70. The lowest BCUT2D eigenvalue weighted by Crippen LogP contribution is -2.40. The zero-order valence-electron chi connectivity index (χ0n) is 36.0. The molecule has 0 bridgehead atoms. The fourth-order valence-corrected chi connectivity index (χ4v) is 11.1. The number of aromatic nitrogens is 2. The Bertz CT molecular complexity index is 3270. The normalized spacial score (nSPS) is 15.9. The van der Waals surface area contributed by atoms with Crippen molar-refractivity contribution in [1.29, 1.82) is 0 Å². The van der Waals surface area contributed by atoms with E-state index in [0.717, 1.165) is 34.8 Å².